The van der Waals surface area contributed by atoms with E-state index in [4.69, 9.17) is 9.57 Å². The van der Waals surface area contributed by atoms with Gasteiger partial charge in [0.05, 0.1) is 36.2 Å². The van der Waals surface area contributed by atoms with Gasteiger partial charge in [0.15, 0.2) is 0 Å². The van der Waals surface area contributed by atoms with Crippen LogP contribution in [0.2, 0.25) is 0 Å². The molecule has 1 fully saturated rings. The number of ether oxygens (including phenoxy) is 1. The maximum Gasteiger partial charge on any atom is 0.337 e. The van der Waals surface area contributed by atoms with E-state index in [1.807, 2.05) is 30.3 Å². The number of hydrogen-bond acceptors (Lipinski definition) is 8. The van der Waals surface area contributed by atoms with Crippen molar-refractivity contribution in [2.24, 2.45) is 0 Å². The van der Waals surface area contributed by atoms with Crippen molar-refractivity contribution in [3.05, 3.63) is 95.1 Å². The number of rotatable bonds is 9. The summed E-state index contributed by atoms with van der Waals surface area (Å²) in [5, 5.41) is 6.20. The molecule has 1 saturated heterocycles. The van der Waals surface area contributed by atoms with Crippen LogP contribution in [0.25, 0.3) is 11.3 Å². The maximum atomic E-state index is 13.2. The molecular formula is C30H30N4O6S. The molecule has 0 aromatic heterocycles. The number of hydrogen-bond donors (Lipinski definition) is 3. The molecule has 3 N–H and O–H groups in total. The SMILES string of the molecule is COC(=O)c1ccc2c(c1)NC(=O)/C2=C(\Nc1ccc(C(=O)NOCCN2CC[S+]([O-])CC2)cc1)c1ccccc1. The topological polar surface area (TPSA) is 132 Å². The van der Waals surface area contributed by atoms with Gasteiger partial charge in [0.1, 0.15) is 11.5 Å². The van der Waals surface area contributed by atoms with Gasteiger partial charge in [-0.15, -0.1) is 0 Å². The Bertz CT molecular complexity index is 1450. The number of carbonyl (C=O) groups is 3. The first-order valence-electron chi connectivity index (χ1n) is 13.1. The number of nitrogens with zero attached hydrogens (tertiary/aromatic N) is 1. The molecule has 0 atom stereocenters. The number of anilines is 2. The molecule has 0 aliphatic carbocycles. The summed E-state index contributed by atoms with van der Waals surface area (Å²) in [5.41, 5.74) is 6.86. The molecule has 0 saturated carbocycles. The number of nitrogens with one attached hydrogen (secondary N) is 3. The van der Waals surface area contributed by atoms with E-state index >= 15 is 0 Å². The molecule has 0 spiro atoms. The van der Waals surface area contributed by atoms with Crippen LogP contribution in [0, 0.1) is 0 Å². The number of carbonyl (C=O) groups excluding carboxylic acids is 3. The fourth-order valence-corrected chi connectivity index (χ4v) is 5.78. The minimum Gasteiger partial charge on any atom is -0.616 e. The minimum atomic E-state index is -0.728. The summed E-state index contributed by atoms with van der Waals surface area (Å²) in [5.74, 6) is 0.172. The Hall–Kier alpha value is -4.16. The van der Waals surface area contributed by atoms with E-state index in [-0.39, 0.29) is 11.8 Å². The lowest BCUT2D eigenvalue weighted by atomic mass is 9.99. The van der Waals surface area contributed by atoms with Gasteiger partial charge in [0, 0.05) is 36.4 Å². The summed E-state index contributed by atoms with van der Waals surface area (Å²) in [6, 6.07) is 21.2. The number of fused-ring (bicyclic) bond motifs is 1. The number of esters is 1. The van der Waals surface area contributed by atoms with E-state index < -0.39 is 17.1 Å². The molecule has 41 heavy (non-hydrogen) atoms. The molecule has 5 rings (SSSR count). The summed E-state index contributed by atoms with van der Waals surface area (Å²) in [6.45, 7) is 2.51. The molecule has 2 aliphatic heterocycles. The Morgan fingerprint density at radius 1 is 0.976 bits per heavy atom. The molecule has 0 radical (unpaired) electrons. The Labute approximate surface area is 240 Å². The monoisotopic (exact) mass is 574 g/mol. The molecular weight excluding hydrogens is 544 g/mol. The molecule has 10 nitrogen and oxygen atoms in total. The van der Waals surface area contributed by atoms with Gasteiger partial charge in [-0.05, 0) is 42.0 Å². The van der Waals surface area contributed by atoms with Gasteiger partial charge >= 0.3 is 5.97 Å². The summed E-state index contributed by atoms with van der Waals surface area (Å²) >= 11 is -0.728. The molecule has 2 heterocycles. The molecule has 212 valence electrons. The highest BCUT2D eigenvalue weighted by molar-refractivity contribution is 7.91. The van der Waals surface area contributed by atoms with Crippen LogP contribution < -0.4 is 16.1 Å². The van der Waals surface area contributed by atoms with E-state index in [9.17, 15) is 18.9 Å². The van der Waals surface area contributed by atoms with Crippen LogP contribution in [0.5, 0.6) is 0 Å². The van der Waals surface area contributed by atoms with Crippen LogP contribution in [0.1, 0.15) is 31.8 Å². The van der Waals surface area contributed by atoms with E-state index in [0.717, 1.165) is 18.7 Å². The van der Waals surface area contributed by atoms with Crippen LogP contribution in [0.3, 0.4) is 0 Å². The Morgan fingerprint density at radius 2 is 1.68 bits per heavy atom. The zero-order chi connectivity index (χ0) is 28.8. The van der Waals surface area contributed by atoms with Gasteiger partial charge < -0.3 is 19.9 Å². The molecule has 0 bridgehead atoms. The molecule has 11 heteroatoms. The first kappa shape index (κ1) is 28.4. The molecule has 3 aromatic carbocycles. The Kier molecular flexibility index (Phi) is 9.00. The standard InChI is InChI=1S/C30H30N4O6S/c1-39-30(37)22-9-12-24-25(19-22)32-29(36)26(24)27(20-5-3-2-4-6-20)31-23-10-7-21(8-11-23)28(35)33-40-16-13-34-14-17-41(38)18-15-34/h2-12,19,31H,13-18H2,1H3,(H,32,36)(H,33,35)/b27-26-. The Morgan fingerprint density at radius 3 is 2.39 bits per heavy atom. The highest BCUT2D eigenvalue weighted by Gasteiger charge is 2.29. The zero-order valence-corrected chi connectivity index (χ0v) is 23.3. The summed E-state index contributed by atoms with van der Waals surface area (Å²) in [4.78, 5) is 45.3. The Balaban J connectivity index is 1.30. The number of hydroxylamine groups is 1. The number of benzene rings is 3. The van der Waals surface area contributed by atoms with Crippen molar-refractivity contribution in [3.8, 4) is 0 Å². The molecule has 2 aliphatic rings. The van der Waals surface area contributed by atoms with Gasteiger partial charge in [0.2, 0.25) is 0 Å². The van der Waals surface area contributed by atoms with E-state index in [1.54, 1.807) is 42.5 Å². The second-order valence-corrected chi connectivity index (χ2v) is 11.2. The van der Waals surface area contributed by atoms with Crippen LogP contribution >= 0.6 is 0 Å². The smallest absolute Gasteiger partial charge is 0.337 e. The highest BCUT2D eigenvalue weighted by Crippen LogP contribution is 2.38. The highest BCUT2D eigenvalue weighted by atomic mass is 32.2. The molecule has 0 unspecified atom stereocenters. The predicted octanol–water partition coefficient (Wildman–Crippen LogP) is 3.13. The van der Waals surface area contributed by atoms with Gasteiger partial charge in [-0.2, -0.15) is 0 Å². The van der Waals surface area contributed by atoms with Gasteiger partial charge in [-0.1, -0.05) is 47.6 Å². The van der Waals surface area contributed by atoms with E-state index in [1.165, 1.54) is 7.11 Å². The van der Waals surface area contributed by atoms with Crippen LogP contribution in [0.15, 0.2) is 72.8 Å². The summed E-state index contributed by atoms with van der Waals surface area (Å²) in [7, 11) is 1.31. The lowest BCUT2D eigenvalue weighted by Gasteiger charge is -2.27. The van der Waals surface area contributed by atoms with Crippen molar-refractivity contribution in [3.63, 3.8) is 0 Å². The fraction of sp³-hybridized carbons (Fsp3) is 0.233. The number of methoxy groups -OCH3 is 1. The van der Waals surface area contributed by atoms with Crippen molar-refractivity contribution in [2.45, 2.75) is 0 Å². The third-order valence-electron chi connectivity index (χ3n) is 6.86. The second-order valence-electron chi connectivity index (χ2n) is 9.49. The van der Waals surface area contributed by atoms with Crippen LogP contribution in [-0.2, 0) is 25.5 Å². The van der Waals surface area contributed by atoms with Crippen molar-refractivity contribution in [1.29, 1.82) is 0 Å². The molecule has 2 amide bonds. The lowest BCUT2D eigenvalue weighted by Crippen LogP contribution is -2.42. The molecule has 3 aromatic rings. The van der Waals surface area contributed by atoms with Crippen LogP contribution in [0.4, 0.5) is 11.4 Å². The number of amides is 2. The van der Waals surface area contributed by atoms with Gasteiger partial charge in [0.25, 0.3) is 11.8 Å². The van der Waals surface area contributed by atoms with E-state index in [0.29, 0.717) is 64.0 Å². The predicted molar refractivity (Wildman–Crippen MR) is 157 cm³/mol. The third kappa shape index (κ3) is 6.77. The average Bonchev–Trinajstić information content (AvgIpc) is 3.33. The first-order chi connectivity index (χ1) is 19.9. The normalized spacial score (nSPS) is 16.5. The average molecular weight is 575 g/mol. The van der Waals surface area contributed by atoms with Crippen LogP contribution in [-0.4, -0.2) is 72.1 Å². The van der Waals surface area contributed by atoms with Crippen molar-refractivity contribution >= 4 is 51.6 Å². The van der Waals surface area contributed by atoms with Crippen molar-refractivity contribution in [2.75, 3.05) is 55.5 Å². The summed E-state index contributed by atoms with van der Waals surface area (Å²) < 4.78 is 16.3. The van der Waals surface area contributed by atoms with Gasteiger partial charge in [-0.25, -0.2) is 10.3 Å². The summed E-state index contributed by atoms with van der Waals surface area (Å²) in [6.07, 6.45) is 0. The van der Waals surface area contributed by atoms with E-state index in [2.05, 4.69) is 21.0 Å². The maximum absolute atomic E-state index is 13.2. The fourth-order valence-electron chi connectivity index (χ4n) is 4.65. The third-order valence-corrected chi connectivity index (χ3v) is 8.13. The van der Waals surface area contributed by atoms with Crippen molar-refractivity contribution in [1.82, 2.24) is 10.4 Å². The second kappa shape index (κ2) is 13.0. The quantitative estimate of drug-likeness (QED) is 0.117. The minimum absolute atomic E-state index is 0.306. The van der Waals surface area contributed by atoms with Crippen molar-refractivity contribution < 1.29 is 28.5 Å². The zero-order valence-electron chi connectivity index (χ0n) is 22.5. The lowest BCUT2D eigenvalue weighted by molar-refractivity contribution is -0.110. The first-order valence-corrected chi connectivity index (χ1v) is 14.6. The largest absolute Gasteiger partial charge is 0.616 e. The van der Waals surface area contributed by atoms with Gasteiger partial charge in [-0.3, -0.25) is 19.3 Å².